The largest absolute Gasteiger partial charge is 0.450 e. The first-order valence-electron chi connectivity index (χ1n) is 12.9. The van der Waals surface area contributed by atoms with Crippen LogP contribution < -0.4 is 16.4 Å². The number of aliphatic imine (C=N–C) groups is 1. The predicted octanol–water partition coefficient (Wildman–Crippen LogP) is 4.06. The van der Waals surface area contributed by atoms with Crippen molar-refractivity contribution in [3.05, 3.63) is 89.4 Å². The quantitative estimate of drug-likeness (QED) is 0.297. The lowest BCUT2D eigenvalue weighted by Crippen LogP contribution is -2.35. The highest BCUT2D eigenvalue weighted by atomic mass is 16.6. The Morgan fingerprint density at radius 2 is 1.95 bits per heavy atom. The van der Waals surface area contributed by atoms with Gasteiger partial charge >= 0.3 is 6.09 Å². The number of hydrogen-bond donors (Lipinski definition) is 3. The van der Waals surface area contributed by atoms with Crippen molar-refractivity contribution in [2.75, 3.05) is 31.6 Å². The molecule has 202 valence electrons. The van der Waals surface area contributed by atoms with Crippen LogP contribution in [0.1, 0.15) is 40.7 Å². The number of carbonyl (C=O) groups is 2. The van der Waals surface area contributed by atoms with E-state index in [4.69, 9.17) is 10.5 Å². The Morgan fingerprint density at radius 1 is 1.13 bits per heavy atom. The summed E-state index contributed by atoms with van der Waals surface area (Å²) >= 11 is 0. The van der Waals surface area contributed by atoms with Crippen LogP contribution in [0.2, 0.25) is 0 Å². The Bertz CT molecular complexity index is 1370. The van der Waals surface area contributed by atoms with Gasteiger partial charge in [-0.1, -0.05) is 12.1 Å². The van der Waals surface area contributed by atoms with Crippen LogP contribution in [0, 0.1) is 6.92 Å². The van der Waals surface area contributed by atoms with Gasteiger partial charge in [-0.2, -0.15) is 4.99 Å². The Morgan fingerprint density at radius 3 is 2.67 bits per heavy atom. The fourth-order valence-electron chi connectivity index (χ4n) is 4.17. The summed E-state index contributed by atoms with van der Waals surface area (Å²) in [6.07, 6.45) is 4.66. The third-order valence-corrected chi connectivity index (χ3v) is 6.13. The van der Waals surface area contributed by atoms with Crippen molar-refractivity contribution in [3.63, 3.8) is 0 Å². The molecule has 0 unspecified atom stereocenters. The molecule has 10 heteroatoms. The molecule has 0 aliphatic carbocycles. The Hall–Kier alpha value is -4.73. The van der Waals surface area contributed by atoms with Gasteiger partial charge in [-0.3, -0.25) is 9.78 Å². The minimum absolute atomic E-state index is 0.156. The zero-order chi connectivity index (χ0) is 27.6. The number of hydrogen-bond acceptors (Lipinski definition) is 6. The smallest absolute Gasteiger partial charge is 0.410 e. The minimum Gasteiger partial charge on any atom is -0.450 e. The number of anilines is 1. The van der Waals surface area contributed by atoms with Crippen molar-refractivity contribution in [2.24, 2.45) is 10.7 Å². The zero-order valence-electron chi connectivity index (χ0n) is 22.2. The average Bonchev–Trinajstić information content (AvgIpc) is 2.94. The van der Waals surface area contributed by atoms with Crippen LogP contribution in [0.4, 0.5) is 16.3 Å². The van der Waals surface area contributed by atoms with E-state index in [1.54, 1.807) is 42.3 Å². The Labute approximate surface area is 228 Å². The lowest BCUT2D eigenvalue weighted by molar-refractivity contribution is 0.0953. The summed E-state index contributed by atoms with van der Waals surface area (Å²) < 4.78 is 5.09. The molecule has 0 spiro atoms. The van der Waals surface area contributed by atoms with Gasteiger partial charge in [0.05, 0.1) is 6.61 Å². The van der Waals surface area contributed by atoms with Crippen LogP contribution >= 0.6 is 0 Å². The van der Waals surface area contributed by atoms with Crippen LogP contribution in [0.25, 0.3) is 5.57 Å². The molecule has 2 aromatic heterocycles. The zero-order valence-corrected chi connectivity index (χ0v) is 22.2. The average molecular weight is 528 g/mol. The van der Waals surface area contributed by atoms with E-state index < -0.39 is 0 Å². The molecule has 1 aliphatic rings. The lowest BCUT2D eigenvalue weighted by atomic mass is 10.0. The van der Waals surface area contributed by atoms with Crippen molar-refractivity contribution in [1.82, 2.24) is 20.2 Å². The number of nitrogens with two attached hydrogens (primary N) is 1. The number of carbonyl (C=O) groups excluding carboxylic acids is 2. The summed E-state index contributed by atoms with van der Waals surface area (Å²) in [5.74, 6) is 0.496. The van der Waals surface area contributed by atoms with Gasteiger partial charge < -0.3 is 26.0 Å². The second-order valence-electron chi connectivity index (χ2n) is 8.97. The van der Waals surface area contributed by atoms with E-state index in [0.717, 1.165) is 22.5 Å². The molecule has 0 radical (unpaired) electrons. The Balaban J connectivity index is 1.34. The van der Waals surface area contributed by atoms with Crippen LogP contribution in [-0.2, 0) is 11.2 Å². The maximum Gasteiger partial charge on any atom is 0.410 e. The molecule has 0 bridgehead atoms. The van der Waals surface area contributed by atoms with E-state index in [2.05, 4.69) is 25.6 Å². The van der Waals surface area contributed by atoms with Gasteiger partial charge in [0.1, 0.15) is 0 Å². The SMILES string of the molecule is CCOC(=O)N1CC=C(c2cccnc2N=C(N)Nc2ccc(C(=O)NCCc3cccc(C)n3)cc2)CC1. The molecule has 1 aromatic carbocycles. The molecule has 4 N–H and O–H groups in total. The van der Waals surface area contributed by atoms with E-state index in [0.29, 0.717) is 56.2 Å². The van der Waals surface area contributed by atoms with Gasteiger partial charge in [-0.25, -0.2) is 9.78 Å². The summed E-state index contributed by atoms with van der Waals surface area (Å²) in [6, 6.07) is 16.6. The fraction of sp³-hybridized carbons (Fsp3) is 0.276. The number of amides is 2. The molecule has 0 saturated heterocycles. The molecule has 3 heterocycles. The van der Waals surface area contributed by atoms with E-state index in [-0.39, 0.29) is 18.0 Å². The lowest BCUT2D eigenvalue weighted by Gasteiger charge is -2.26. The highest BCUT2D eigenvalue weighted by molar-refractivity contribution is 5.97. The molecule has 1 aliphatic heterocycles. The van der Waals surface area contributed by atoms with Crippen LogP contribution in [0.15, 0.2) is 71.9 Å². The van der Waals surface area contributed by atoms with Gasteiger partial charge in [0.2, 0.25) is 0 Å². The first-order valence-corrected chi connectivity index (χ1v) is 12.9. The van der Waals surface area contributed by atoms with E-state index >= 15 is 0 Å². The van der Waals surface area contributed by atoms with Gasteiger partial charge in [-0.05, 0) is 74.4 Å². The minimum atomic E-state index is -0.311. The van der Waals surface area contributed by atoms with Gasteiger partial charge in [0.15, 0.2) is 11.8 Å². The second kappa shape index (κ2) is 13.2. The molecule has 3 aromatic rings. The van der Waals surface area contributed by atoms with Gasteiger partial charge in [-0.15, -0.1) is 0 Å². The molecular weight excluding hydrogens is 494 g/mol. The molecule has 39 heavy (non-hydrogen) atoms. The summed E-state index contributed by atoms with van der Waals surface area (Å²) in [4.78, 5) is 39.5. The number of ether oxygens (including phenoxy) is 1. The van der Waals surface area contributed by atoms with Gasteiger partial charge in [0.25, 0.3) is 5.91 Å². The highest BCUT2D eigenvalue weighted by Gasteiger charge is 2.20. The maximum atomic E-state index is 12.5. The van der Waals surface area contributed by atoms with Crippen molar-refractivity contribution in [1.29, 1.82) is 0 Å². The number of guanidine groups is 1. The van der Waals surface area contributed by atoms with Crippen LogP contribution in [0.5, 0.6) is 0 Å². The molecule has 10 nitrogen and oxygen atoms in total. The predicted molar refractivity (Wildman–Crippen MR) is 152 cm³/mol. The molecule has 0 fully saturated rings. The maximum absolute atomic E-state index is 12.5. The number of benzene rings is 1. The second-order valence-corrected chi connectivity index (χ2v) is 8.97. The number of pyridine rings is 2. The summed E-state index contributed by atoms with van der Waals surface area (Å²) in [5.41, 5.74) is 11.2. The number of aromatic nitrogens is 2. The fourth-order valence-corrected chi connectivity index (χ4v) is 4.17. The van der Waals surface area contributed by atoms with E-state index in [9.17, 15) is 9.59 Å². The molecule has 4 rings (SSSR count). The van der Waals surface area contributed by atoms with E-state index in [1.165, 1.54) is 0 Å². The first-order chi connectivity index (χ1) is 18.9. The topological polar surface area (TPSA) is 135 Å². The summed E-state index contributed by atoms with van der Waals surface area (Å²) in [6.45, 7) is 5.60. The molecule has 0 atom stereocenters. The number of aryl methyl sites for hydroxylation is 1. The van der Waals surface area contributed by atoms with Crippen molar-refractivity contribution < 1.29 is 14.3 Å². The van der Waals surface area contributed by atoms with Crippen LogP contribution in [0.3, 0.4) is 0 Å². The molecular formula is C29H33N7O3. The Kier molecular flexibility index (Phi) is 9.23. The normalized spacial score (nSPS) is 13.4. The first kappa shape index (κ1) is 27.3. The standard InChI is InChI=1S/C29H33N7O3/c1-3-39-29(38)36-18-14-21(15-19-36)25-8-5-16-31-26(25)35-28(30)34-24-11-9-22(10-12-24)27(37)32-17-13-23-7-4-6-20(2)33-23/h4-12,14,16H,3,13,15,17-19H2,1-2H3,(H,32,37)(H3,30,31,34,35). The van der Waals surface area contributed by atoms with E-state index in [1.807, 2.05) is 43.3 Å². The highest BCUT2D eigenvalue weighted by Crippen LogP contribution is 2.29. The van der Waals surface area contributed by atoms with Crippen LogP contribution in [-0.4, -0.2) is 59.1 Å². The van der Waals surface area contributed by atoms with Gasteiger partial charge in [0, 0.05) is 60.5 Å². The number of nitrogens with one attached hydrogen (secondary N) is 2. The summed E-state index contributed by atoms with van der Waals surface area (Å²) in [5, 5.41) is 5.97. The third-order valence-electron chi connectivity index (χ3n) is 6.13. The molecule has 2 amide bonds. The summed E-state index contributed by atoms with van der Waals surface area (Å²) in [7, 11) is 0. The van der Waals surface area contributed by atoms with Crippen molar-refractivity contribution in [3.8, 4) is 0 Å². The van der Waals surface area contributed by atoms with Crippen molar-refractivity contribution in [2.45, 2.75) is 26.7 Å². The van der Waals surface area contributed by atoms with Crippen molar-refractivity contribution >= 4 is 35.0 Å². The number of nitrogens with zero attached hydrogens (tertiary/aromatic N) is 4. The third kappa shape index (κ3) is 7.64. The molecule has 0 saturated carbocycles. The number of rotatable bonds is 8. The monoisotopic (exact) mass is 527 g/mol.